The van der Waals surface area contributed by atoms with E-state index >= 15 is 0 Å². The van der Waals surface area contributed by atoms with Crippen LogP contribution < -0.4 is 10.6 Å². The number of aromatic nitrogens is 2. The Balaban J connectivity index is 2.04. The number of nitrogens with one attached hydrogen (secondary N) is 2. The predicted molar refractivity (Wildman–Crippen MR) is 57.7 cm³/mol. The van der Waals surface area contributed by atoms with Gasteiger partial charge < -0.3 is 9.88 Å². The summed E-state index contributed by atoms with van der Waals surface area (Å²) in [5, 5.41) is 5.34. The molecule has 6 heteroatoms. The molecule has 0 bridgehead atoms. The third-order valence-corrected chi connectivity index (χ3v) is 2.60. The van der Waals surface area contributed by atoms with E-state index < -0.39 is 0 Å². The van der Waals surface area contributed by atoms with Crippen LogP contribution in [0.2, 0.25) is 0 Å². The van der Waals surface area contributed by atoms with Crippen LogP contribution in [0.3, 0.4) is 0 Å². The number of aryl methyl sites for hydroxylation is 1. The summed E-state index contributed by atoms with van der Waals surface area (Å²) >= 11 is 0. The Labute approximate surface area is 93.0 Å². The second-order valence-electron chi connectivity index (χ2n) is 3.68. The van der Waals surface area contributed by atoms with E-state index in [9.17, 15) is 9.59 Å². The van der Waals surface area contributed by atoms with Gasteiger partial charge in [-0.25, -0.2) is 4.98 Å². The van der Waals surface area contributed by atoms with Crippen molar-refractivity contribution in [1.82, 2.24) is 14.9 Å². The quantitative estimate of drug-likeness (QED) is 0.712. The van der Waals surface area contributed by atoms with Crippen LogP contribution in [0.5, 0.6) is 0 Å². The first-order chi connectivity index (χ1) is 7.70. The van der Waals surface area contributed by atoms with Gasteiger partial charge in [-0.1, -0.05) is 0 Å². The zero-order chi connectivity index (χ0) is 11.5. The molecule has 2 amide bonds. The Bertz CT molecular complexity index is 413. The van der Waals surface area contributed by atoms with Crippen molar-refractivity contribution in [1.29, 1.82) is 0 Å². The number of hydrogen-bond donors (Lipinski definition) is 2. The summed E-state index contributed by atoms with van der Waals surface area (Å²) in [5.41, 5.74) is 0. The monoisotopic (exact) mass is 222 g/mol. The summed E-state index contributed by atoms with van der Waals surface area (Å²) in [6.45, 7) is 2.78. The number of anilines is 1. The normalized spacial score (nSPS) is 20.7. The predicted octanol–water partition coefficient (Wildman–Crippen LogP) is 0.120. The lowest BCUT2D eigenvalue weighted by Crippen LogP contribution is -2.47. The average molecular weight is 222 g/mol. The molecule has 2 rings (SSSR count). The molecule has 16 heavy (non-hydrogen) atoms. The number of amides is 2. The third-order valence-electron chi connectivity index (χ3n) is 2.60. The molecule has 6 nitrogen and oxygen atoms in total. The Morgan fingerprint density at radius 3 is 3.12 bits per heavy atom. The van der Waals surface area contributed by atoms with Crippen LogP contribution >= 0.6 is 0 Å². The van der Waals surface area contributed by atoms with Crippen LogP contribution in [0, 0.1) is 0 Å². The number of carbonyl (C=O) groups excluding carboxylic acids is 2. The van der Waals surface area contributed by atoms with Gasteiger partial charge in [-0.2, -0.15) is 0 Å². The highest BCUT2D eigenvalue weighted by Gasteiger charge is 2.27. The molecule has 1 aliphatic rings. The largest absolute Gasteiger partial charge is 0.344 e. The van der Waals surface area contributed by atoms with Gasteiger partial charge in [0, 0.05) is 25.4 Å². The minimum atomic E-state index is -0.370. The summed E-state index contributed by atoms with van der Waals surface area (Å²) in [5.74, 6) is 0.181. The van der Waals surface area contributed by atoms with E-state index in [2.05, 4.69) is 15.6 Å². The van der Waals surface area contributed by atoms with Crippen molar-refractivity contribution in [2.24, 2.45) is 0 Å². The van der Waals surface area contributed by atoms with E-state index in [0.717, 1.165) is 6.54 Å². The van der Waals surface area contributed by atoms with Crippen molar-refractivity contribution < 1.29 is 9.59 Å². The van der Waals surface area contributed by atoms with Crippen LogP contribution in [-0.4, -0.2) is 27.4 Å². The first-order valence-electron chi connectivity index (χ1n) is 5.32. The van der Waals surface area contributed by atoms with Gasteiger partial charge >= 0.3 is 0 Å². The van der Waals surface area contributed by atoms with E-state index in [0.29, 0.717) is 18.8 Å². The standard InChI is InChI=1S/C10H14N4O2/c1-2-14-6-5-11-10(14)12-7-3-4-8(15)13-9(7)16/h5-7H,2-4H2,1H3,(H,11,12)(H,13,15,16). The molecule has 1 saturated heterocycles. The smallest absolute Gasteiger partial charge is 0.249 e. The topological polar surface area (TPSA) is 76.0 Å². The Kier molecular flexibility index (Phi) is 2.89. The molecule has 1 unspecified atom stereocenters. The van der Waals surface area contributed by atoms with Gasteiger partial charge in [0.25, 0.3) is 0 Å². The van der Waals surface area contributed by atoms with Gasteiger partial charge in [-0.15, -0.1) is 0 Å². The molecular formula is C10H14N4O2. The first kappa shape index (κ1) is 10.7. The molecule has 1 fully saturated rings. The minimum Gasteiger partial charge on any atom is -0.344 e. The Hall–Kier alpha value is -1.85. The molecule has 1 aromatic heterocycles. The van der Waals surface area contributed by atoms with E-state index in [4.69, 9.17) is 0 Å². The summed E-state index contributed by atoms with van der Waals surface area (Å²) < 4.78 is 1.91. The van der Waals surface area contributed by atoms with Crippen molar-refractivity contribution in [2.45, 2.75) is 32.4 Å². The number of imide groups is 1. The van der Waals surface area contributed by atoms with Crippen LogP contribution in [0.15, 0.2) is 12.4 Å². The number of carbonyl (C=O) groups is 2. The van der Waals surface area contributed by atoms with Crippen molar-refractivity contribution in [3.8, 4) is 0 Å². The zero-order valence-corrected chi connectivity index (χ0v) is 9.06. The molecule has 1 aliphatic heterocycles. The Morgan fingerprint density at radius 2 is 2.44 bits per heavy atom. The van der Waals surface area contributed by atoms with E-state index in [1.54, 1.807) is 6.20 Å². The maximum absolute atomic E-state index is 11.5. The number of piperidine rings is 1. The molecule has 2 N–H and O–H groups in total. The average Bonchev–Trinajstić information content (AvgIpc) is 2.69. The van der Waals surface area contributed by atoms with Crippen molar-refractivity contribution >= 4 is 17.8 Å². The fourth-order valence-electron chi connectivity index (χ4n) is 1.69. The van der Waals surface area contributed by atoms with Crippen molar-refractivity contribution in [3.05, 3.63) is 12.4 Å². The van der Waals surface area contributed by atoms with Gasteiger partial charge in [0.05, 0.1) is 0 Å². The molecule has 0 saturated carbocycles. The molecule has 1 aromatic rings. The van der Waals surface area contributed by atoms with Gasteiger partial charge in [0.2, 0.25) is 17.8 Å². The fraction of sp³-hybridized carbons (Fsp3) is 0.500. The second kappa shape index (κ2) is 4.34. The maximum Gasteiger partial charge on any atom is 0.249 e. The van der Waals surface area contributed by atoms with Crippen molar-refractivity contribution in [3.63, 3.8) is 0 Å². The third kappa shape index (κ3) is 2.05. The summed E-state index contributed by atoms with van der Waals surface area (Å²) in [4.78, 5) is 26.6. The number of hydrogen-bond acceptors (Lipinski definition) is 4. The van der Waals surface area contributed by atoms with E-state index in [-0.39, 0.29) is 17.9 Å². The van der Waals surface area contributed by atoms with Crippen LogP contribution in [-0.2, 0) is 16.1 Å². The van der Waals surface area contributed by atoms with Crippen LogP contribution in [0.25, 0.3) is 0 Å². The number of rotatable bonds is 3. The van der Waals surface area contributed by atoms with Crippen LogP contribution in [0.4, 0.5) is 5.95 Å². The minimum absolute atomic E-state index is 0.207. The van der Waals surface area contributed by atoms with Crippen molar-refractivity contribution in [2.75, 3.05) is 5.32 Å². The highest BCUT2D eigenvalue weighted by molar-refractivity contribution is 6.01. The Morgan fingerprint density at radius 1 is 1.62 bits per heavy atom. The molecule has 1 atom stereocenters. The molecular weight excluding hydrogens is 208 g/mol. The SMILES string of the molecule is CCn1ccnc1NC1CCC(=O)NC1=O. The lowest BCUT2D eigenvalue weighted by Gasteiger charge is -2.22. The number of imidazole rings is 1. The lowest BCUT2D eigenvalue weighted by atomic mass is 10.1. The second-order valence-corrected chi connectivity index (χ2v) is 3.68. The highest BCUT2D eigenvalue weighted by atomic mass is 16.2. The molecule has 0 radical (unpaired) electrons. The molecule has 0 spiro atoms. The molecule has 2 heterocycles. The van der Waals surface area contributed by atoms with Crippen LogP contribution in [0.1, 0.15) is 19.8 Å². The van der Waals surface area contributed by atoms with Gasteiger partial charge in [0.15, 0.2) is 0 Å². The molecule has 0 aliphatic carbocycles. The zero-order valence-electron chi connectivity index (χ0n) is 9.06. The maximum atomic E-state index is 11.5. The lowest BCUT2D eigenvalue weighted by molar-refractivity contribution is -0.133. The van der Waals surface area contributed by atoms with E-state index in [1.807, 2.05) is 17.7 Å². The molecule has 0 aromatic carbocycles. The summed E-state index contributed by atoms with van der Waals surface area (Å²) in [6, 6.07) is -0.370. The van der Waals surface area contributed by atoms with Gasteiger partial charge in [0.1, 0.15) is 6.04 Å². The fourth-order valence-corrected chi connectivity index (χ4v) is 1.69. The summed E-state index contributed by atoms with van der Waals surface area (Å²) in [7, 11) is 0. The van der Waals surface area contributed by atoms with Gasteiger partial charge in [-0.05, 0) is 13.3 Å². The first-order valence-corrected chi connectivity index (χ1v) is 5.32. The van der Waals surface area contributed by atoms with Gasteiger partial charge in [-0.3, -0.25) is 14.9 Å². The van der Waals surface area contributed by atoms with E-state index in [1.165, 1.54) is 0 Å². The number of nitrogens with zero attached hydrogens (tertiary/aromatic N) is 2. The highest BCUT2D eigenvalue weighted by Crippen LogP contribution is 2.11. The summed E-state index contributed by atoms with van der Waals surface area (Å²) in [6.07, 6.45) is 4.41. The molecule has 86 valence electrons.